The predicted octanol–water partition coefficient (Wildman–Crippen LogP) is 5.04. The summed E-state index contributed by atoms with van der Waals surface area (Å²) in [6, 6.07) is 10.5. The highest BCUT2D eigenvalue weighted by atomic mass is 35.5. The molecule has 0 atom stereocenters. The smallest absolute Gasteiger partial charge is 0.227 e. The molecule has 3 heterocycles. The molecular formula is C23H22ClFN6O2S. The molecule has 0 amide bonds. The van der Waals surface area contributed by atoms with Gasteiger partial charge >= 0.3 is 0 Å². The average Bonchev–Trinajstić information content (AvgIpc) is 3.26. The van der Waals surface area contributed by atoms with Gasteiger partial charge in [0.05, 0.1) is 35.2 Å². The monoisotopic (exact) mass is 500 g/mol. The summed E-state index contributed by atoms with van der Waals surface area (Å²) < 4.78 is 39.4. The fourth-order valence-electron chi connectivity index (χ4n) is 4.02. The fourth-order valence-corrected chi connectivity index (χ4v) is 5.44. The van der Waals surface area contributed by atoms with E-state index in [2.05, 4.69) is 25.2 Å². The third kappa shape index (κ3) is 4.26. The third-order valence-electron chi connectivity index (χ3n) is 5.84. The van der Waals surface area contributed by atoms with Crippen LogP contribution in [0.1, 0.15) is 0 Å². The van der Waals surface area contributed by atoms with Crippen LogP contribution in [0.4, 0.5) is 21.7 Å². The lowest BCUT2D eigenvalue weighted by Gasteiger charge is -2.30. The number of hydrogen-bond acceptors (Lipinski definition) is 7. The number of anilines is 3. The second-order valence-electron chi connectivity index (χ2n) is 7.97. The van der Waals surface area contributed by atoms with Crippen LogP contribution >= 0.6 is 11.6 Å². The molecule has 1 aliphatic rings. The number of methoxy groups -OCH3 is 1. The Morgan fingerprint density at radius 1 is 1.26 bits per heavy atom. The molecule has 0 spiro atoms. The van der Waals surface area contributed by atoms with Crippen LogP contribution in [0.15, 0.2) is 48.8 Å². The summed E-state index contributed by atoms with van der Waals surface area (Å²) in [5.41, 5.74) is 3.11. The molecule has 2 aromatic heterocycles. The van der Waals surface area contributed by atoms with Gasteiger partial charge in [-0.1, -0.05) is 23.7 Å². The summed E-state index contributed by atoms with van der Waals surface area (Å²) in [6.45, 7) is 1.13. The molecule has 0 bridgehead atoms. The lowest BCUT2D eigenvalue weighted by atomic mass is 10.1. The van der Waals surface area contributed by atoms with Crippen LogP contribution in [0.2, 0.25) is 5.02 Å². The Morgan fingerprint density at radius 3 is 2.82 bits per heavy atom. The normalized spacial score (nSPS) is 15.4. The first kappa shape index (κ1) is 22.4. The minimum Gasteiger partial charge on any atom is -0.494 e. The second kappa shape index (κ2) is 8.77. The first-order valence-electron chi connectivity index (χ1n) is 10.6. The number of aromatic amines is 1. The molecule has 176 valence electrons. The fraction of sp³-hybridized carbons (Fsp3) is 0.217. The number of hydrogen-bond donors (Lipinski definition) is 3. The van der Waals surface area contributed by atoms with Crippen molar-refractivity contribution in [3.63, 3.8) is 0 Å². The lowest BCUT2D eigenvalue weighted by molar-refractivity contribution is 0.416. The maximum Gasteiger partial charge on any atom is 0.227 e. The highest BCUT2D eigenvalue weighted by Crippen LogP contribution is 2.35. The number of aromatic nitrogens is 3. The second-order valence-corrected chi connectivity index (χ2v) is 10.8. The molecule has 0 saturated carbocycles. The average molecular weight is 501 g/mol. The van der Waals surface area contributed by atoms with Crippen LogP contribution < -0.4 is 15.0 Å². The molecule has 1 saturated heterocycles. The summed E-state index contributed by atoms with van der Waals surface area (Å²) in [6.07, 6.45) is 3.17. The van der Waals surface area contributed by atoms with Crippen molar-refractivity contribution in [2.75, 3.05) is 41.9 Å². The molecule has 0 aliphatic carbocycles. The maximum atomic E-state index is 14.1. The van der Waals surface area contributed by atoms with Crippen LogP contribution in [0.25, 0.3) is 22.2 Å². The first-order valence-corrected chi connectivity index (χ1v) is 12.8. The van der Waals surface area contributed by atoms with Crippen LogP contribution in [0, 0.1) is 10.6 Å². The van der Waals surface area contributed by atoms with E-state index in [9.17, 15) is 8.60 Å². The van der Waals surface area contributed by atoms with Crippen molar-refractivity contribution in [3.05, 3.63) is 59.6 Å². The number of fused-ring (bicyclic) bond motifs is 1. The van der Waals surface area contributed by atoms with E-state index in [0.29, 0.717) is 69.2 Å². The van der Waals surface area contributed by atoms with Crippen LogP contribution in [-0.2, 0) is 9.73 Å². The standard InChI is InChI=1S/C23H22ClFN6O2S/c1-33-20-11-14(31-7-9-34(26,32)10-8-31)5-6-19(20)29-23-28-13-17(24)21(30-23)16-12-27-22-15(16)3-2-4-18(22)25/h2-6,11-13,26-27H,7-10H2,1H3,(H,28,29,30). The number of halogens is 2. The van der Waals surface area contributed by atoms with E-state index in [0.717, 1.165) is 5.69 Å². The molecule has 4 aromatic rings. The summed E-state index contributed by atoms with van der Waals surface area (Å²) >= 11 is 6.39. The Morgan fingerprint density at radius 2 is 2.06 bits per heavy atom. The van der Waals surface area contributed by atoms with Crippen LogP contribution in [0.3, 0.4) is 0 Å². The van der Waals surface area contributed by atoms with Crippen molar-refractivity contribution in [3.8, 4) is 17.0 Å². The van der Waals surface area contributed by atoms with E-state index >= 15 is 0 Å². The summed E-state index contributed by atoms with van der Waals surface area (Å²) in [7, 11) is -0.891. The van der Waals surface area contributed by atoms with Crippen LogP contribution in [0.5, 0.6) is 5.75 Å². The molecule has 11 heteroatoms. The number of nitrogens with zero attached hydrogens (tertiary/aromatic N) is 3. The third-order valence-corrected chi connectivity index (χ3v) is 7.80. The minimum atomic E-state index is -2.47. The molecule has 3 N–H and O–H groups in total. The number of nitrogens with one attached hydrogen (secondary N) is 3. The number of para-hydroxylation sites is 1. The molecule has 34 heavy (non-hydrogen) atoms. The predicted molar refractivity (Wildman–Crippen MR) is 133 cm³/mol. The highest BCUT2D eigenvalue weighted by Gasteiger charge is 2.20. The Hall–Kier alpha value is -3.37. The van der Waals surface area contributed by atoms with Gasteiger partial charge in [0.15, 0.2) is 0 Å². The number of benzene rings is 2. The highest BCUT2D eigenvalue weighted by molar-refractivity contribution is 7.92. The van der Waals surface area contributed by atoms with Crippen molar-refractivity contribution < 1.29 is 13.3 Å². The van der Waals surface area contributed by atoms with E-state index in [-0.39, 0.29) is 5.82 Å². The van der Waals surface area contributed by atoms with E-state index in [1.807, 2.05) is 18.2 Å². The molecule has 8 nitrogen and oxygen atoms in total. The Balaban J connectivity index is 1.44. The zero-order valence-electron chi connectivity index (χ0n) is 18.3. The van der Waals surface area contributed by atoms with Gasteiger partial charge in [0.2, 0.25) is 5.95 Å². The molecule has 2 aromatic carbocycles. The topological polar surface area (TPSA) is 107 Å². The van der Waals surface area contributed by atoms with Crippen molar-refractivity contribution in [1.82, 2.24) is 15.0 Å². The maximum absolute atomic E-state index is 14.1. The lowest BCUT2D eigenvalue weighted by Crippen LogP contribution is -2.39. The van der Waals surface area contributed by atoms with E-state index < -0.39 is 9.73 Å². The van der Waals surface area contributed by atoms with Gasteiger partial charge in [-0.05, 0) is 18.2 Å². The summed E-state index contributed by atoms with van der Waals surface area (Å²) in [5.74, 6) is 1.26. The number of ether oxygens (including phenoxy) is 1. The van der Waals surface area contributed by atoms with E-state index in [1.165, 1.54) is 12.3 Å². The first-order chi connectivity index (χ1) is 16.3. The zero-order valence-corrected chi connectivity index (χ0v) is 19.8. The molecule has 5 rings (SSSR count). The van der Waals surface area contributed by atoms with E-state index in [1.54, 1.807) is 25.4 Å². The Bertz CT molecular complexity index is 1480. The molecule has 1 aliphatic heterocycles. The van der Waals surface area contributed by atoms with Gasteiger partial charge in [-0.3, -0.25) is 4.78 Å². The van der Waals surface area contributed by atoms with Gasteiger partial charge in [-0.15, -0.1) is 0 Å². The van der Waals surface area contributed by atoms with Crippen molar-refractivity contribution in [2.24, 2.45) is 0 Å². The van der Waals surface area contributed by atoms with Crippen molar-refractivity contribution in [2.45, 2.75) is 0 Å². The largest absolute Gasteiger partial charge is 0.494 e. The Kier molecular flexibility index (Phi) is 5.78. The minimum absolute atomic E-state index is 0.308. The number of rotatable bonds is 5. The SMILES string of the molecule is COc1cc(N2CCS(=N)(=O)CC2)ccc1Nc1ncc(Cl)c(-c2c[nH]c3c(F)cccc23)n1. The summed E-state index contributed by atoms with van der Waals surface area (Å²) in [5, 5.41) is 4.19. The van der Waals surface area contributed by atoms with Crippen molar-refractivity contribution in [1.29, 1.82) is 4.78 Å². The Labute approximate surface area is 201 Å². The van der Waals surface area contributed by atoms with E-state index in [4.69, 9.17) is 21.1 Å². The zero-order chi connectivity index (χ0) is 23.9. The summed E-state index contributed by atoms with van der Waals surface area (Å²) in [4.78, 5) is 13.9. The van der Waals surface area contributed by atoms with Gasteiger partial charge < -0.3 is 19.9 Å². The van der Waals surface area contributed by atoms with Crippen LogP contribution in [-0.4, -0.2) is 50.9 Å². The molecular weight excluding hydrogens is 479 g/mol. The number of H-pyrrole nitrogens is 1. The molecule has 0 radical (unpaired) electrons. The molecule has 0 unspecified atom stereocenters. The van der Waals surface area contributed by atoms with Gasteiger partial charge in [-0.25, -0.2) is 18.6 Å². The van der Waals surface area contributed by atoms with Gasteiger partial charge in [0.25, 0.3) is 0 Å². The van der Waals surface area contributed by atoms with Gasteiger partial charge in [-0.2, -0.15) is 0 Å². The van der Waals surface area contributed by atoms with Crippen molar-refractivity contribution >= 4 is 49.6 Å². The van der Waals surface area contributed by atoms with Gasteiger partial charge in [0, 0.05) is 63.2 Å². The quantitative estimate of drug-likeness (QED) is 0.354. The molecule has 1 fully saturated rings. The van der Waals surface area contributed by atoms with Gasteiger partial charge in [0.1, 0.15) is 11.6 Å².